The van der Waals surface area contributed by atoms with Crippen LogP contribution in [0, 0.1) is 0 Å². The Morgan fingerprint density at radius 3 is 2.25 bits per heavy atom. The van der Waals surface area contributed by atoms with Crippen LogP contribution in [0.25, 0.3) is 0 Å². The highest BCUT2D eigenvalue weighted by Gasteiger charge is 2.16. The van der Waals surface area contributed by atoms with Gasteiger partial charge in [0.1, 0.15) is 12.1 Å². The topological polar surface area (TPSA) is 55.4 Å². The summed E-state index contributed by atoms with van der Waals surface area (Å²) in [6, 6.07) is -1.60. The lowest BCUT2D eigenvalue weighted by Crippen LogP contribution is -2.34. The van der Waals surface area contributed by atoms with Gasteiger partial charge in [-0.25, -0.2) is 4.79 Å². The molecule has 12 heavy (non-hydrogen) atoms. The average molecular weight is 177 g/mol. The molecule has 5 heteroatoms. The molecule has 0 bridgehead atoms. The van der Waals surface area contributed by atoms with E-state index in [9.17, 15) is 14.0 Å². The van der Waals surface area contributed by atoms with Gasteiger partial charge in [-0.15, -0.1) is 0 Å². The summed E-state index contributed by atoms with van der Waals surface area (Å²) >= 11 is 0. The Morgan fingerprint density at radius 2 is 1.92 bits per heavy atom. The fourth-order valence-corrected chi connectivity index (χ4v) is 0.456. The molecule has 1 N–H and O–H groups in total. The second-order valence-corrected chi connectivity index (χ2v) is 3.21. The zero-order chi connectivity index (χ0) is 9.78. The largest absolute Gasteiger partial charge is 0.444 e. The molecule has 1 amide bonds. The minimum absolute atomic E-state index is 0.635. The quantitative estimate of drug-likeness (QED) is 0.640. The van der Waals surface area contributed by atoms with Gasteiger partial charge in [-0.05, 0) is 20.8 Å². The van der Waals surface area contributed by atoms with Gasteiger partial charge < -0.3 is 10.1 Å². The molecule has 4 nitrogen and oxygen atoms in total. The Bertz CT molecular complexity index is 186. The Morgan fingerprint density at radius 1 is 1.42 bits per heavy atom. The van der Waals surface area contributed by atoms with E-state index < -0.39 is 24.3 Å². The number of carbonyl (C=O) groups is 2. The highest BCUT2D eigenvalue weighted by molar-refractivity contribution is 5.77. The van der Waals surface area contributed by atoms with Crippen LogP contribution in [0.15, 0.2) is 0 Å². The summed E-state index contributed by atoms with van der Waals surface area (Å²) < 4.78 is 16.3. The van der Waals surface area contributed by atoms with E-state index in [4.69, 9.17) is 4.74 Å². The van der Waals surface area contributed by atoms with Crippen molar-refractivity contribution in [1.82, 2.24) is 5.32 Å². The molecule has 0 fully saturated rings. The van der Waals surface area contributed by atoms with Gasteiger partial charge in [0.25, 0.3) is 0 Å². The molecule has 0 aliphatic heterocycles. The summed E-state index contributed by atoms with van der Waals surface area (Å²) in [6.45, 7) is 4.37. The van der Waals surface area contributed by atoms with Crippen LogP contribution in [0.5, 0.6) is 0 Å². The molecule has 0 atom stereocenters. The van der Waals surface area contributed by atoms with Gasteiger partial charge >= 0.3 is 12.1 Å². The number of ether oxygens (including phenoxy) is 1. The van der Waals surface area contributed by atoms with E-state index in [0.29, 0.717) is 0 Å². The SMILES string of the molecule is CC(C)(C)OC(=O)NCC(=O)F. The van der Waals surface area contributed by atoms with E-state index in [1.165, 1.54) is 0 Å². The maximum absolute atomic E-state index is 11.6. The standard InChI is InChI=1S/C7H12FNO3/c1-7(2,3)12-6(11)9-4-5(8)10/h4H2,1-3H3,(H,9,11). The first-order valence-corrected chi connectivity index (χ1v) is 3.46. The molecule has 0 aromatic heterocycles. The van der Waals surface area contributed by atoms with Gasteiger partial charge in [-0.3, -0.25) is 4.79 Å². The van der Waals surface area contributed by atoms with Crippen molar-refractivity contribution in [2.45, 2.75) is 26.4 Å². The molecule has 0 saturated heterocycles. The van der Waals surface area contributed by atoms with Crippen molar-refractivity contribution in [2.75, 3.05) is 6.54 Å². The molecule has 0 spiro atoms. The summed E-state index contributed by atoms with van der Waals surface area (Å²) in [5, 5.41) is 1.95. The lowest BCUT2D eigenvalue weighted by atomic mass is 10.2. The third kappa shape index (κ3) is 6.98. The average Bonchev–Trinajstić information content (AvgIpc) is 1.79. The van der Waals surface area contributed by atoms with Gasteiger partial charge in [0.15, 0.2) is 0 Å². The third-order valence-corrected chi connectivity index (χ3v) is 0.771. The molecule has 70 valence electrons. The first kappa shape index (κ1) is 10.9. The Kier molecular flexibility index (Phi) is 3.66. The molecule has 0 radical (unpaired) electrons. The third-order valence-electron chi connectivity index (χ3n) is 0.771. The highest BCUT2D eigenvalue weighted by atomic mass is 19.1. The number of alkyl carbamates (subject to hydrolysis) is 1. The predicted octanol–water partition coefficient (Wildman–Crippen LogP) is 1.01. The molecule has 0 aliphatic rings. The van der Waals surface area contributed by atoms with E-state index in [0.717, 1.165) is 0 Å². The van der Waals surface area contributed by atoms with Crippen molar-refractivity contribution in [3.63, 3.8) is 0 Å². The van der Waals surface area contributed by atoms with E-state index in [1.54, 1.807) is 20.8 Å². The summed E-state index contributed by atoms with van der Waals surface area (Å²) in [5.74, 6) is 0. The Hall–Kier alpha value is -1.13. The molecule has 0 unspecified atom stereocenters. The lowest BCUT2D eigenvalue weighted by Gasteiger charge is -2.19. The van der Waals surface area contributed by atoms with Crippen molar-refractivity contribution in [3.8, 4) is 0 Å². The zero-order valence-electron chi connectivity index (χ0n) is 7.31. The second kappa shape index (κ2) is 4.04. The maximum Gasteiger partial charge on any atom is 0.408 e. The van der Waals surface area contributed by atoms with Crippen LogP contribution >= 0.6 is 0 Å². The number of nitrogens with one attached hydrogen (secondary N) is 1. The zero-order valence-corrected chi connectivity index (χ0v) is 7.31. The lowest BCUT2D eigenvalue weighted by molar-refractivity contribution is -0.128. The van der Waals surface area contributed by atoms with E-state index in [2.05, 4.69) is 0 Å². The molecule has 0 saturated carbocycles. The molecular formula is C7H12FNO3. The van der Waals surface area contributed by atoms with Crippen LogP contribution < -0.4 is 5.32 Å². The highest BCUT2D eigenvalue weighted by Crippen LogP contribution is 2.05. The summed E-state index contributed by atoms with van der Waals surface area (Å²) in [7, 11) is 0. The van der Waals surface area contributed by atoms with Gasteiger partial charge in [0.2, 0.25) is 0 Å². The number of rotatable bonds is 2. The first-order chi connectivity index (χ1) is 5.31. The van der Waals surface area contributed by atoms with Crippen LogP contribution in [0.4, 0.5) is 9.18 Å². The normalized spacial score (nSPS) is 10.7. The van der Waals surface area contributed by atoms with Crippen molar-refractivity contribution in [2.24, 2.45) is 0 Å². The molecule has 0 heterocycles. The maximum atomic E-state index is 11.6. The molecule has 0 aromatic carbocycles. The summed E-state index contributed by atoms with van der Waals surface area (Å²) in [6.07, 6.45) is -0.798. The number of halogens is 1. The van der Waals surface area contributed by atoms with Crippen molar-refractivity contribution < 1.29 is 18.7 Å². The smallest absolute Gasteiger partial charge is 0.408 e. The Labute approximate surface area is 70.1 Å². The van der Waals surface area contributed by atoms with E-state index in [-0.39, 0.29) is 0 Å². The summed E-state index contributed by atoms with van der Waals surface area (Å²) in [5.41, 5.74) is -0.635. The van der Waals surface area contributed by atoms with E-state index >= 15 is 0 Å². The van der Waals surface area contributed by atoms with Crippen LogP contribution in [0.1, 0.15) is 20.8 Å². The van der Waals surface area contributed by atoms with Crippen molar-refractivity contribution in [3.05, 3.63) is 0 Å². The van der Waals surface area contributed by atoms with Gasteiger partial charge in [0, 0.05) is 0 Å². The minimum Gasteiger partial charge on any atom is -0.444 e. The van der Waals surface area contributed by atoms with Gasteiger partial charge in [-0.1, -0.05) is 0 Å². The number of carbonyl (C=O) groups excluding carboxylic acids is 2. The fraction of sp³-hybridized carbons (Fsp3) is 0.714. The van der Waals surface area contributed by atoms with Crippen LogP contribution in [0.2, 0.25) is 0 Å². The van der Waals surface area contributed by atoms with E-state index in [1.807, 2.05) is 5.32 Å². The van der Waals surface area contributed by atoms with Crippen molar-refractivity contribution in [1.29, 1.82) is 0 Å². The molecule has 0 aliphatic carbocycles. The van der Waals surface area contributed by atoms with Crippen LogP contribution in [0.3, 0.4) is 0 Å². The summed E-state index contributed by atoms with van der Waals surface area (Å²) in [4.78, 5) is 20.5. The van der Waals surface area contributed by atoms with Gasteiger partial charge in [-0.2, -0.15) is 4.39 Å². The number of amides is 1. The van der Waals surface area contributed by atoms with Crippen LogP contribution in [-0.4, -0.2) is 24.3 Å². The molecule has 0 rings (SSSR count). The fourth-order valence-electron chi connectivity index (χ4n) is 0.456. The number of hydrogen-bond donors (Lipinski definition) is 1. The second-order valence-electron chi connectivity index (χ2n) is 3.21. The van der Waals surface area contributed by atoms with Crippen molar-refractivity contribution >= 4 is 12.1 Å². The first-order valence-electron chi connectivity index (χ1n) is 3.46. The van der Waals surface area contributed by atoms with Gasteiger partial charge in [0.05, 0.1) is 0 Å². The molecule has 0 aromatic rings. The van der Waals surface area contributed by atoms with Crippen LogP contribution in [-0.2, 0) is 9.53 Å². The predicted molar refractivity (Wildman–Crippen MR) is 40.4 cm³/mol. The molecular weight excluding hydrogens is 165 g/mol. The number of hydrogen-bond acceptors (Lipinski definition) is 3. The minimum atomic E-state index is -1.60. The Balaban J connectivity index is 3.68. The monoisotopic (exact) mass is 177 g/mol.